The van der Waals surface area contributed by atoms with Crippen molar-refractivity contribution in [1.82, 2.24) is 10.6 Å². The molecule has 0 saturated carbocycles. The number of thioether (sulfide) groups is 1. The van der Waals surface area contributed by atoms with Gasteiger partial charge in [-0.15, -0.1) is 0 Å². The molecule has 0 aliphatic rings. The molecule has 0 bridgehead atoms. The summed E-state index contributed by atoms with van der Waals surface area (Å²) in [6.45, 7) is 3.99. The molecule has 2 atom stereocenters. The second-order valence-electron chi connectivity index (χ2n) is 6.63. The molecule has 0 fully saturated rings. The number of hydrogen-bond donors (Lipinski definition) is 3. The zero-order valence-electron chi connectivity index (χ0n) is 16.1. The van der Waals surface area contributed by atoms with Gasteiger partial charge in [-0.1, -0.05) is 44.2 Å². The number of hydrogen-bond acceptors (Lipinski definition) is 5. The Bertz CT molecular complexity index is 610. The smallest absolute Gasteiger partial charge is 0.408 e. The van der Waals surface area contributed by atoms with Crippen LogP contribution in [0.3, 0.4) is 0 Å². The van der Waals surface area contributed by atoms with E-state index < -0.39 is 30.0 Å². The quantitative estimate of drug-likeness (QED) is 0.531. The van der Waals surface area contributed by atoms with E-state index in [0.717, 1.165) is 5.56 Å². The lowest BCUT2D eigenvalue weighted by molar-refractivity contribution is -0.128. The van der Waals surface area contributed by atoms with E-state index in [1.807, 2.05) is 50.4 Å². The fourth-order valence-corrected chi connectivity index (χ4v) is 2.87. The van der Waals surface area contributed by atoms with Crippen LogP contribution in [-0.4, -0.2) is 42.0 Å². The molecule has 1 aromatic carbocycles. The highest BCUT2D eigenvalue weighted by Crippen LogP contribution is 2.08. The summed E-state index contributed by atoms with van der Waals surface area (Å²) < 4.78 is 5.18. The fourth-order valence-electron chi connectivity index (χ4n) is 2.40. The Hall–Kier alpha value is -2.22. The van der Waals surface area contributed by atoms with Gasteiger partial charge < -0.3 is 21.1 Å². The van der Waals surface area contributed by atoms with E-state index >= 15 is 0 Å². The lowest BCUT2D eigenvalue weighted by atomic mass is 10.0. The topological polar surface area (TPSA) is 111 Å². The first-order valence-electron chi connectivity index (χ1n) is 8.89. The van der Waals surface area contributed by atoms with E-state index in [4.69, 9.17) is 10.5 Å². The third kappa shape index (κ3) is 9.33. The number of rotatable bonds is 11. The first kappa shape index (κ1) is 22.8. The lowest BCUT2D eigenvalue weighted by Crippen LogP contribution is -2.53. The Morgan fingerprint density at radius 3 is 2.33 bits per heavy atom. The van der Waals surface area contributed by atoms with Crippen molar-refractivity contribution in [1.29, 1.82) is 0 Å². The summed E-state index contributed by atoms with van der Waals surface area (Å²) in [5.74, 6) is -0.180. The molecule has 0 aliphatic heterocycles. The second kappa shape index (κ2) is 12.2. The van der Waals surface area contributed by atoms with E-state index in [-0.39, 0.29) is 12.5 Å². The van der Waals surface area contributed by atoms with Gasteiger partial charge in [0.05, 0.1) is 0 Å². The van der Waals surface area contributed by atoms with Gasteiger partial charge in [0.25, 0.3) is 0 Å². The van der Waals surface area contributed by atoms with Gasteiger partial charge in [0.1, 0.15) is 18.7 Å². The Kier molecular flexibility index (Phi) is 10.3. The summed E-state index contributed by atoms with van der Waals surface area (Å²) in [4.78, 5) is 36.2. The zero-order chi connectivity index (χ0) is 20.2. The van der Waals surface area contributed by atoms with E-state index in [9.17, 15) is 14.4 Å². The van der Waals surface area contributed by atoms with Crippen molar-refractivity contribution in [2.75, 3.05) is 12.0 Å². The number of carbonyl (C=O) groups excluding carboxylic acids is 3. The summed E-state index contributed by atoms with van der Waals surface area (Å²) in [5, 5.41) is 5.23. The van der Waals surface area contributed by atoms with Gasteiger partial charge >= 0.3 is 6.09 Å². The largest absolute Gasteiger partial charge is 0.445 e. The van der Waals surface area contributed by atoms with Crippen molar-refractivity contribution in [3.8, 4) is 0 Å². The van der Waals surface area contributed by atoms with Gasteiger partial charge in [-0.2, -0.15) is 11.8 Å². The van der Waals surface area contributed by atoms with Gasteiger partial charge in [-0.05, 0) is 36.3 Å². The molecule has 0 radical (unpaired) electrons. The minimum Gasteiger partial charge on any atom is -0.445 e. The summed E-state index contributed by atoms with van der Waals surface area (Å²) in [7, 11) is 0. The highest BCUT2D eigenvalue weighted by molar-refractivity contribution is 7.98. The molecule has 7 nitrogen and oxygen atoms in total. The number of primary amides is 1. The van der Waals surface area contributed by atoms with Crippen molar-refractivity contribution in [2.45, 2.75) is 45.4 Å². The Morgan fingerprint density at radius 2 is 1.78 bits per heavy atom. The zero-order valence-corrected chi connectivity index (χ0v) is 16.9. The molecule has 0 spiro atoms. The monoisotopic (exact) mass is 395 g/mol. The molecule has 0 aliphatic carbocycles. The van der Waals surface area contributed by atoms with Gasteiger partial charge in [0, 0.05) is 0 Å². The molecule has 8 heteroatoms. The van der Waals surface area contributed by atoms with Gasteiger partial charge in [-0.25, -0.2) is 4.79 Å². The van der Waals surface area contributed by atoms with Gasteiger partial charge in [0.2, 0.25) is 11.8 Å². The maximum absolute atomic E-state index is 12.6. The third-order valence-corrected chi connectivity index (χ3v) is 4.44. The summed E-state index contributed by atoms with van der Waals surface area (Å²) in [5.41, 5.74) is 6.22. The van der Waals surface area contributed by atoms with E-state index in [0.29, 0.717) is 18.6 Å². The number of carbonyl (C=O) groups is 3. The fraction of sp³-hybridized carbons (Fsp3) is 0.526. The van der Waals surface area contributed by atoms with E-state index in [1.54, 1.807) is 11.8 Å². The van der Waals surface area contributed by atoms with Gasteiger partial charge in [-0.3, -0.25) is 9.59 Å². The average molecular weight is 396 g/mol. The standard InChI is InChI=1S/C19H29N3O4S/c1-13(2)11-16(18(24)21-15(17(20)23)9-10-27-3)22-19(25)26-12-14-7-5-4-6-8-14/h4-8,13,15-16H,9-12H2,1-3H3,(H2,20,23)(H,21,24)(H,22,25)/t15-,16-/m0/s1. The lowest BCUT2D eigenvalue weighted by Gasteiger charge is -2.23. The number of alkyl carbamates (subject to hydrolysis) is 1. The maximum Gasteiger partial charge on any atom is 0.408 e. The maximum atomic E-state index is 12.6. The first-order valence-corrected chi connectivity index (χ1v) is 10.3. The molecule has 1 rings (SSSR count). The highest BCUT2D eigenvalue weighted by Gasteiger charge is 2.26. The first-order chi connectivity index (χ1) is 12.8. The van der Waals surface area contributed by atoms with E-state index in [1.165, 1.54) is 0 Å². The molecule has 150 valence electrons. The number of benzene rings is 1. The molecule has 0 unspecified atom stereocenters. The van der Waals surface area contributed by atoms with Crippen LogP contribution in [0.1, 0.15) is 32.3 Å². The van der Waals surface area contributed by atoms with Crippen LogP contribution in [0.25, 0.3) is 0 Å². The Labute approximate surface area is 164 Å². The minimum absolute atomic E-state index is 0.111. The van der Waals surface area contributed by atoms with Crippen LogP contribution < -0.4 is 16.4 Å². The van der Waals surface area contributed by atoms with Crippen LogP contribution in [0.5, 0.6) is 0 Å². The molecular formula is C19H29N3O4S. The Morgan fingerprint density at radius 1 is 1.11 bits per heavy atom. The average Bonchev–Trinajstić information content (AvgIpc) is 2.63. The molecule has 0 saturated heterocycles. The number of nitrogens with one attached hydrogen (secondary N) is 2. The highest BCUT2D eigenvalue weighted by atomic mass is 32.2. The van der Waals surface area contributed by atoms with Crippen molar-refractivity contribution in [2.24, 2.45) is 11.7 Å². The summed E-state index contributed by atoms with van der Waals surface area (Å²) in [6, 6.07) is 7.70. The third-order valence-electron chi connectivity index (χ3n) is 3.80. The predicted molar refractivity (Wildman–Crippen MR) is 107 cm³/mol. The number of ether oxygens (including phenoxy) is 1. The summed E-state index contributed by atoms with van der Waals surface area (Å²) in [6.07, 6.45) is 2.08. The van der Waals surface area contributed by atoms with Crippen LogP contribution in [-0.2, 0) is 20.9 Å². The number of nitrogens with two attached hydrogens (primary N) is 1. The van der Waals surface area contributed by atoms with Gasteiger partial charge in [0.15, 0.2) is 0 Å². The second-order valence-corrected chi connectivity index (χ2v) is 7.62. The van der Waals surface area contributed by atoms with Crippen molar-refractivity contribution >= 4 is 29.7 Å². The molecule has 27 heavy (non-hydrogen) atoms. The molecule has 1 aromatic rings. The molecular weight excluding hydrogens is 366 g/mol. The SMILES string of the molecule is CSCC[C@H](NC(=O)[C@H](CC(C)C)NC(=O)OCc1ccccc1)C(N)=O. The predicted octanol–water partition coefficient (Wildman–Crippen LogP) is 2.05. The molecule has 0 aromatic heterocycles. The van der Waals surface area contributed by atoms with E-state index in [2.05, 4.69) is 10.6 Å². The molecule has 3 amide bonds. The molecule has 0 heterocycles. The van der Waals surface area contributed by atoms with Crippen LogP contribution in [0.15, 0.2) is 30.3 Å². The summed E-state index contributed by atoms with van der Waals surface area (Å²) >= 11 is 1.56. The van der Waals surface area contributed by atoms with Crippen molar-refractivity contribution in [3.63, 3.8) is 0 Å². The van der Waals surface area contributed by atoms with Crippen molar-refractivity contribution < 1.29 is 19.1 Å². The van der Waals surface area contributed by atoms with Crippen molar-refractivity contribution in [3.05, 3.63) is 35.9 Å². The normalized spacial score (nSPS) is 12.9. The van der Waals surface area contributed by atoms with Crippen LogP contribution in [0.2, 0.25) is 0 Å². The van der Waals surface area contributed by atoms with Crippen LogP contribution in [0, 0.1) is 5.92 Å². The molecule has 4 N–H and O–H groups in total. The minimum atomic E-state index is -0.801. The number of amides is 3. The Balaban J connectivity index is 2.65. The van der Waals surface area contributed by atoms with Crippen LogP contribution in [0.4, 0.5) is 4.79 Å². The van der Waals surface area contributed by atoms with Crippen LogP contribution >= 0.6 is 11.8 Å².